The molecule has 0 aliphatic rings. The first-order chi connectivity index (χ1) is 11.0. The Labute approximate surface area is 135 Å². The third kappa shape index (κ3) is 4.94. The van der Waals surface area contributed by atoms with Crippen molar-refractivity contribution in [2.24, 2.45) is 0 Å². The number of amides is 3. The fourth-order valence-electron chi connectivity index (χ4n) is 1.90. The van der Waals surface area contributed by atoms with Crippen molar-refractivity contribution in [2.75, 3.05) is 33.2 Å². The summed E-state index contributed by atoms with van der Waals surface area (Å²) in [6, 6.07) is 2.19. The normalized spacial score (nSPS) is 11.2. The van der Waals surface area contributed by atoms with Gasteiger partial charge >= 0.3 is 6.03 Å². The molecule has 23 heavy (non-hydrogen) atoms. The topological polar surface area (TPSA) is 97.9 Å². The number of hydrogen-bond acceptors (Lipinski definition) is 6. The molecule has 1 aromatic rings. The molecule has 8 heteroatoms. The zero-order valence-electron chi connectivity index (χ0n) is 14.0. The number of rotatable bonds is 7. The molecule has 0 heterocycles. The van der Waals surface area contributed by atoms with E-state index < -0.39 is 18.0 Å². The van der Waals surface area contributed by atoms with Gasteiger partial charge in [-0.05, 0) is 13.8 Å². The average molecular weight is 325 g/mol. The maximum Gasteiger partial charge on any atom is 0.321 e. The van der Waals surface area contributed by atoms with Crippen LogP contribution in [0.2, 0.25) is 0 Å². The van der Waals surface area contributed by atoms with Crippen LogP contribution in [0.3, 0.4) is 0 Å². The number of hydrogen-bond donors (Lipinski definition) is 3. The lowest BCUT2D eigenvalue weighted by atomic mass is 10.2. The Morgan fingerprint density at radius 3 is 2.09 bits per heavy atom. The van der Waals surface area contributed by atoms with Gasteiger partial charge in [0.05, 0.1) is 21.3 Å². The van der Waals surface area contributed by atoms with Gasteiger partial charge in [0.1, 0.15) is 6.04 Å². The summed E-state index contributed by atoms with van der Waals surface area (Å²) in [7, 11) is 4.52. The predicted molar refractivity (Wildman–Crippen MR) is 86.4 cm³/mol. The molecule has 0 radical (unpaired) electrons. The van der Waals surface area contributed by atoms with E-state index in [4.69, 9.17) is 14.2 Å². The molecule has 3 N–H and O–H groups in total. The van der Waals surface area contributed by atoms with Crippen molar-refractivity contribution in [1.29, 1.82) is 0 Å². The van der Waals surface area contributed by atoms with Crippen molar-refractivity contribution >= 4 is 17.6 Å². The van der Waals surface area contributed by atoms with Crippen molar-refractivity contribution in [3.05, 3.63) is 12.1 Å². The van der Waals surface area contributed by atoms with Gasteiger partial charge in [0, 0.05) is 24.4 Å². The summed E-state index contributed by atoms with van der Waals surface area (Å²) in [5.74, 6) is 0.932. The Bertz CT molecular complexity index is 537. The second kappa shape index (κ2) is 8.72. The highest BCUT2D eigenvalue weighted by Crippen LogP contribution is 2.40. The molecule has 0 aromatic heterocycles. The van der Waals surface area contributed by atoms with Gasteiger partial charge in [0.15, 0.2) is 11.5 Å². The minimum absolute atomic E-state index is 0.438. The molecule has 3 amide bonds. The van der Waals surface area contributed by atoms with Crippen molar-refractivity contribution < 1.29 is 23.8 Å². The van der Waals surface area contributed by atoms with E-state index in [2.05, 4.69) is 16.0 Å². The van der Waals surface area contributed by atoms with E-state index in [0.29, 0.717) is 29.5 Å². The Kier molecular flexibility index (Phi) is 6.98. The van der Waals surface area contributed by atoms with Gasteiger partial charge in [-0.15, -0.1) is 0 Å². The van der Waals surface area contributed by atoms with Gasteiger partial charge < -0.3 is 24.8 Å². The number of carbonyl (C=O) groups excluding carboxylic acids is 2. The minimum Gasteiger partial charge on any atom is -0.493 e. The van der Waals surface area contributed by atoms with Crippen LogP contribution in [0.15, 0.2) is 12.1 Å². The van der Waals surface area contributed by atoms with E-state index in [0.717, 1.165) is 0 Å². The summed E-state index contributed by atoms with van der Waals surface area (Å²) < 4.78 is 15.7. The van der Waals surface area contributed by atoms with Crippen LogP contribution in [-0.2, 0) is 4.79 Å². The third-order valence-electron chi connectivity index (χ3n) is 3.02. The second-order valence-electron chi connectivity index (χ2n) is 4.63. The van der Waals surface area contributed by atoms with Crippen LogP contribution in [0, 0.1) is 0 Å². The van der Waals surface area contributed by atoms with Crippen molar-refractivity contribution in [1.82, 2.24) is 10.6 Å². The summed E-state index contributed by atoms with van der Waals surface area (Å²) in [4.78, 5) is 23.3. The number of benzene rings is 1. The van der Waals surface area contributed by atoms with E-state index in [-0.39, 0.29) is 0 Å². The maximum atomic E-state index is 11.9. The van der Waals surface area contributed by atoms with Crippen LogP contribution in [0.4, 0.5) is 10.5 Å². The lowest BCUT2D eigenvalue weighted by Gasteiger charge is -2.18. The third-order valence-corrected chi connectivity index (χ3v) is 3.02. The van der Waals surface area contributed by atoms with E-state index in [1.54, 1.807) is 26.0 Å². The summed E-state index contributed by atoms with van der Waals surface area (Å²) in [5.41, 5.74) is 0.595. The summed E-state index contributed by atoms with van der Waals surface area (Å²) in [6.07, 6.45) is 0. The monoisotopic (exact) mass is 325 g/mol. The van der Waals surface area contributed by atoms with Crippen molar-refractivity contribution in [3.8, 4) is 17.2 Å². The van der Waals surface area contributed by atoms with Gasteiger partial charge in [0.25, 0.3) is 0 Å². The fraction of sp³-hybridized carbons (Fsp3) is 0.467. The van der Waals surface area contributed by atoms with Crippen LogP contribution in [0.1, 0.15) is 13.8 Å². The van der Waals surface area contributed by atoms with Crippen molar-refractivity contribution in [2.45, 2.75) is 19.9 Å². The van der Waals surface area contributed by atoms with Crippen LogP contribution in [0.25, 0.3) is 0 Å². The highest BCUT2D eigenvalue weighted by Gasteiger charge is 2.18. The van der Waals surface area contributed by atoms with Gasteiger partial charge in [-0.1, -0.05) is 0 Å². The van der Waals surface area contributed by atoms with Gasteiger partial charge in [-0.2, -0.15) is 0 Å². The first-order valence-corrected chi connectivity index (χ1v) is 7.12. The highest BCUT2D eigenvalue weighted by atomic mass is 16.5. The SMILES string of the molecule is CCNC(=O)NC(=O)[C@H](C)Nc1cc(OC)c(OC)c(OC)c1. The van der Waals surface area contributed by atoms with Gasteiger partial charge in [-0.25, -0.2) is 4.79 Å². The number of nitrogens with one attached hydrogen (secondary N) is 3. The van der Waals surface area contributed by atoms with E-state index >= 15 is 0 Å². The molecule has 0 aliphatic carbocycles. The number of urea groups is 1. The lowest BCUT2D eigenvalue weighted by Crippen LogP contribution is -2.45. The largest absolute Gasteiger partial charge is 0.493 e. The fourth-order valence-corrected chi connectivity index (χ4v) is 1.90. The Hall–Kier alpha value is -2.64. The highest BCUT2D eigenvalue weighted by molar-refractivity contribution is 5.98. The molecular weight excluding hydrogens is 302 g/mol. The Morgan fingerprint density at radius 1 is 1.09 bits per heavy atom. The molecule has 0 saturated carbocycles. The molecule has 8 nitrogen and oxygen atoms in total. The molecular formula is C15H23N3O5. The number of methoxy groups -OCH3 is 3. The molecule has 0 bridgehead atoms. The van der Waals surface area contributed by atoms with Crippen LogP contribution >= 0.6 is 0 Å². The Morgan fingerprint density at radius 2 is 1.65 bits per heavy atom. The maximum absolute atomic E-state index is 11.9. The summed E-state index contributed by atoms with van der Waals surface area (Å²) >= 11 is 0. The smallest absolute Gasteiger partial charge is 0.321 e. The van der Waals surface area contributed by atoms with E-state index in [9.17, 15) is 9.59 Å². The van der Waals surface area contributed by atoms with Gasteiger partial charge in [0.2, 0.25) is 11.7 Å². The molecule has 128 valence electrons. The Balaban J connectivity index is 2.87. The zero-order valence-corrected chi connectivity index (χ0v) is 14.0. The number of ether oxygens (including phenoxy) is 3. The quantitative estimate of drug-likeness (QED) is 0.700. The van der Waals surface area contributed by atoms with Crippen LogP contribution < -0.4 is 30.2 Å². The minimum atomic E-state index is -0.639. The predicted octanol–water partition coefficient (Wildman–Crippen LogP) is 1.36. The molecule has 0 saturated heterocycles. The van der Waals surface area contributed by atoms with E-state index in [1.165, 1.54) is 21.3 Å². The second-order valence-corrected chi connectivity index (χ2v) is 4.63. The van der Waals surface area contributed by atoms with Gasteiger partial charge in [-0.3, -0.25) is 10.1 Å². The molecule has 1 rings (SSSR count). The van der Waals surface area contributed by atoms with E-state index in [1.807, 2.05) is 0 Å². The number of anilines is 1. The molecule has 0 aliphatic heterocycles. The number of carbonyl (C=O) groups is 2. The first-order valence-electron chi connectivity index (χ1n) is 7.12. The molecule has 1 aromatic carbocycles. The average Bonchev–Trinajstić information content (AvgIpc) is 2.53. The molecule has 0 spiro atoms. The van der Waals surface area contributed by atoms with Crippen LogP contribution in [0.5, 0.6) is 17.2 Å². The number of imide groups is 1. The van der Waals surface area contributed by atoms with Crippen LogP contribution in [-0.4, -0.2) is 45.9 Å². The molecule has 1 atom stereocenters. The molecule has 0 unspecified atom stereocenters. The zero-order chi connectivity index (χ0) is 17.4. The summed E-state index contributed by atoms with van der Waals surface area (Å²) in [6.45, 7) is 3.84. The summed E-state index contributed by atoms with van der Waals surface area (Å²) in [5, 5.41) is 7.72. The standard InChI is InChI=1S/C15H23N3O5/c1-6-16-15(20)18-14(19)9(2)17-10-7-11(21-3)13(23-5)12(8-10)22-4/h7-9,17H,6H2,1-5H3,(H2,16,18,19,20)/t9-/m0/s1. The molecule has 0 fully saturated rings. The lowest BCUT2D eigenvalue weighted by molar-refractivity contribution is -0.120. The van der Waals surface area contributed by atoms with Crippen molar-refractivity contribution in [3.63, 3.8) is 0 Å². The first kappa shape index (κ1) is 18.4.